The van der Waals surface area contributed by atoms with Crippen molar-refractivity contribution in [3.63, 3.8) is 0 Å². The number of phenols is 1. The largest absolute Gasteiger partial charge is 0.508 e. The third kappa shape index (κ3) is 3.16. The highest BCUT2D eigenvalue weighted by Crippen LogP contribution is 2.54. The Balaban J connectivity index is 1.60. The molecule has 2 N–H and O–H groups in total. The number of thioether (sulfide) groups is 1. The quantitative estimate of drug-likeness (QED) is 0.254. The number of phenolic OH excluding ortho intramolecular Hbond substituents is 1. The first-order valence-electron chi connectivity index (χ1n) is 9.16. The summed E-state index contributed by atoms with van der Waals surface area (Å²) < 4.78 is 0.563. The van der Waals surface area contributed by atoms with E-state index in [-0.39, 0.29) is 23.3 Å². The Kier molecular flexibility index (Phi) is 4.68. The van der Waals surface area contributed by atoms with E-state index in [0.29, 0.717) is 9.64 Å². The zero-order valence-electron chi connectivity index (χ0n) is 15.6. The number of amides is 2. The molecule has 1 fully saturated rings. The van der Waals surface area contributed by atoms with Gasteiger partial charge in [-0.15, -0.1) is 11.3 Å². The van der Waals surface area contributed by atoms with Gasteiger partial charge in [0.2, 0.25) is 11.8 Å². The monoisotopic (exact) mass is 471 g/mol. The molecule has 11 heteroatoms. The van der Waals surface area contributed by atoms with Crippen LogP contribution in [-0.4, -0.2) is 32.1 Å². The molecule has 3 unspecified atom stereocenters. The summed E-state index contributed by atoms with van der Waals surface area (Å²) in [4.78, 5) is 42.3. The van der Waals surface area contributed by atoms with Crippen LogP contribution in [0.1, 0.15) is 16.4 Å². The Morgan fingerprint density at radius 1 is 1.06 bits per heavy atom. The minimum Gasteiger partial charge on any atom is -0.508 e. The molecule has 0 spiro atoms. The van der Waals surface area contributed by atoms with Crippen LogP contribution in [0.2, 0.25) is 0 Å². The summed E-state index contributed by atoms with van der Waals surface area (Å²) in [6.45, 7) is 0. The number of hydrogen-bond donors (Lipinski definition) is 2. The summed E-state index contributed by atoms with van der Waals surface area (Å²) in [6, 6.07) is 12.0. The number of thiazole rings is 1. The minimum atomic E-state index is -0.661. The van der Waals surface area contributed by atoms with Gasteiger partial charge in [-0.3, -0.25) is 19.7 Å². The van der Waals surface area contributed by atoms with Crippen molar-refractivity contribution in [1.29, 1.82) is 0 Å². The maximum Gasteiger partial charge on any atom is 0.269 e. The van der Waals surface area contributed by atoms with Gasteiger partial charge in [-0.1, -0.05) is 23.9 Å². The smallest absolute Gasteiger partial charge is 0.269 e. The maximum absolute atomic E-state index is 13.5. The molecule has 0 bridgehead atoms. The summed E-state index contributed by atoms with van der Waals surface area (Å²) in [5, 5.41) is 20.7. The Labute approximate surface area is 188 Å². The van der Waals surface area contributed by atoms with Gasteiger partial charge in [0.15, 0.2) is 3.95 Å². The minimum absolute atomic E-state index is 0.105. The second-order valence-electron chi connectivity index (χ2n) is 7.13. The lowest BCUT2D eigenvalue weighted by molar-refractivity contribution is -0.384. The van der Waals surface area contributed by atoms with Crippen molar-refractivity contribution in [2.45, 2.75) is 16.2 Å². The van der Waals surface area contributed by atoms with E-state index >= 15 is 0 Å². The van der Waals surface area contributed by atoms with E-state index in [9.17, 15) is 24.8 Å². The molecule has 156 valence electrons. The topological polar surface area (TPSA) is 117 Å². The predicted molar refractivity (Wildman–Crippen MR) is 118 cm³/mol. The van der Waals surface area contributed by atoms with Gasteiger partial charge in [-0.05, 0) is 42.0 Å². The second kappa shape index (κ2) is 7.29. The summed E-state index contributed by atoms with van der Waals surface area (Å²) >= 11 is 7.96. The molecule has 0 aliphatic carbocycles. The van der Waals surface area contributed by atoms with Gasteiger partial charge in [0.1, 0.15) is 11.0 Å². The first kappa shape index (κ1) is 19.9. The molecule has 0 radical (unpaired) electrons. The van der Waals surface area contributed by atoms with Crippen LogP contribution in [-0.2, 0) is 9.59 Å². The van der Waals surface area contributed by atoms with Crippen LogP contribution in [0.25, 0.3) is 0 Å². The average Bonchev–Trinajstić information content (AvgIpc) is 3.23. The molecule has 1 aromatic heterocycles. The molecular formula is C20H13N3O5S3. The number of non-ortho nitro benzene ring substituents is 1. The first-order valence-corrected chi connectivity index (χ1v) is 11.3. The number of nitrogens with one attached hydrogen (secondary N) is 1. The number of carbonyl (C=O) groups excluding carboxylic acids is 2. The Morgan fingerprint density at radius 2 is 1.74 bits per heavy atom. The molecule has 3 aromatic rings. The number of benzene rings is 2. The van der Waals surface area contributed by atoms with Crippen LogP contribution in [0.5, 0.6) is 5.75 Å². The molecule has 0 saturated carbocycles. The van der Waals surface area contributed by atoms with Gasteiger partial charge in [0.25, 0.3) is 5.69 Å². The standard InChI is InChI=1S/C20H13N3O5S3/c24-12-7-1-9(2-8-12)13-14-16(30-17-15(13)31-20(29)21-17)19(26)22(18(14)25)10-3-5-11(6-4-10)23(27)28/h1-8,13-14,16,24H,(H,21,29). The number of rotatable bonds is 3. The van der Waals surface area contributed by atoms with Crippen molar-refractivity contribution in [2.24, 2.45) is 5.92 Å². The van der Waals surface area contributed by atoms with E-state index in [1.807, 2.05) is 0 Å². The van der Waals surface area contributed by atoms with Crippen molar-refractivity contribution in [2.75, 3.05) is 4.90 Å². The summed E-state index contributed by atoms with van der Waals surface area (Å²) in [7, 11) is 0. The number of nitro benzene ring substituents is 1. The molecule has 3 atom stereocenters. The lowest BCUT2D eigenvalue weighted by Crippen LogP contribution is -2.32. The molecule has 1 saturated heterocycles. The van der Waals surface area contributed by atoms with Gasteiger partial charge in [-0.25, -0.2) is 4.90 Å². The Hall–Kier alpha value is -3.02. The highest BCUT2D eigenvalue weighted by Gasteiger charge is 2.56. The highest BCUT2D eigenvalue weighted by atomic mass is 32.2. The Bertz CT molecular complexity index is 1280. The van der Waals surface area contributed by atoms with E-state index in [1.165, 1.54) is 47.4 Å². The molecule has 8 nitrogen and oxygen atoms in total. The van der Waals surface area contributed by atoms with Crippen LogP contribution in [0, 0.1) is 20.0 Å². The number of fused-ring (bicyclic) bond motifs is 2. The zero-order valence-corrected chi connectivity index (χ0v) is 18.0. The van der Waals surface area contributed by atoms with Crippen LogP contribution >= 0.6 is 35.3 Å². The number of anilines is 1. The third-order valence-corrected chi connectivity index (χ3v) is 8.15. The number of hydrogen-bond acceptors (Lipinski definition) is 8. The zero-order chi connectivity index (χ0) is 21.9. The van der Waals surface area contributed by atoms with Gasteiger partial charge >= 0.3 is 0 Å². The predicted octanol–water partition coefficient (Wildman–Crippen LogP) is 4.22. The van der Waals surface area contributed by atoms with Crippen LogP contribution in [0.3, 0.4) is 0 Å². The highest BCUT2D eigenvalue weighted by molar-refractivity contribution is 8.01. The molecular weight excluding hydrogens is 458 g/mol. The van der Waals surface area contributed by atoms with E-state index in [2.05, 4.69) is 4.98 Å². The molecule has 2 aliphatic rings. The normalized spacial score (nSPS) is 22.3. The summed E-state index contributed by atoms with van der Waals surface area (Å²) in [5.74, 6) is -1.69. The SMILES string of the molecule is O=C1C2Sc3[nH]c(=S)sc3C(c3ccc(O)cc3)C2C(=O)N1c1ccc([N+](=O)[O-])cc1. The summed E-state index contributed by atoms with van der Waals surface area (Å²) in [6.07, 6.45) is 0. The lowest BCUT2D eigenvalue weighted by atomic mass is 9.83. The van der Waals surface area contributed by atoms with Crippen molar-refractivity contribution >= 4 is 58.5 Å². The first-order chi connectivity index (χ1) is 14.8. The fraction of sp³-hybridized carbons (Fsp3) is 0.150. The van der Waals surface area contributed by atoms with Crippen molar-refractivity contribution in [3.05, 3.63) is 73.0 Å². The number of aromatic hydroxyl groups is 1. The van der Waals surface area contributed by atoms with Crippen molar-refractivity contribution in [3.8, 4) is 5.75 Å². The summed E-state index contributed by atoms with van der Waals surface area (Å²) in [5.41, 5.74) is 0.981. The van der Waals surface area contributed by atoms with E-state index in [0.717, 1.165) is 20.4 Å². The van der Waals surface area contributed by atoms with Gasteiger partial charge in [-0.2, -0.15) is 0 Å². The van der Waals surface area contributed by atoms with Crippen molar-refractivity contribution < 1.29 is 19.6 Å². The van der Waals surface area contributed by atoms with Gasteiger partial charge < -0.3 is 10.1 Å². The van der Waals surface area contributed by atoms with Gasteiger partial charge in [0.05, 0.1) is 21.6 Å². The van der Waals surface area contributed by atoms with Crippen LogP contribution < -0.4 is 4.90 Å². The molecule has 5 rings (SSSR count). The fourth-order valence-corrected chi connectivity index (χ4v) is 7.00. The molecule has 2 aromatic carbocycles. The number of imide groups is 1. The fourth-order valence-electron chi connectivity index (χ4n) is 4.04. The maximum atomic E-state index is 13.5. The number of carbonyl (C=O) groups is 2. The number of H-pyrrole nitrogens is 1. The van der Waals surface area contributed by atoms with E-state index in [4.69, 9.17) is 12.2 Å². The third-order valence-electron chi connectivity index (χ3n) is 5.39. The molecule has 2 aliphatic heterocycles. The van der Waals surface area contributed by atoms with E-state index in [1.54, 1.807) is 24.3 Å². The molecule has 3 heterocycles. The average molecular weight is 472 g/mol. The molecule has 2 amide bonds. The van der Waals surface area contributed by atoms with E-state index < -0.39 is 22.0 Å². The number of aromatic nitrogens is 1. The van der Waals surface area contributed by atoms with Crippen LogP contribution in [0.4, 0.5) is 11.4 Å². The number of nitro groups is 1. The number of nitrogens with zero attached hydrogens (tertiary/aromatic N) is 2. The van der Waals surface area contributed by atoms with Crippen LogP contribution in [0.15, 0.2) is 53.6 Å². The Morgan fingerprint density at radius 3 is 2.39 bits per heavy atom. The van der Waals surface area contributed by atoms with Crippen molar-refractivity contribution in [1.82, 2.24) is 4.98 Å². The van der Waals surface area contributed by atoms with Gasteiger partial charge in [0, 0.05) is 22.9 Å². The second-order valence-corrected chi connectivity index (χ2v) is 10.00. The number of aromatic amines is 1. The lowest BCUT2D eigenvalue weighted by Gasteiger charge is -2.29. The molecule has 31 heavy (non-hydrogen) atoms.